The molecule has 4 nitrogen and oxygen atoms in total. The average molecular weight is 179 g/mol. The van der Waals surface area contributed by atoms with E-state index in [0.29, 0.717) is 11.9 Å². The molecule has 4 heteroatoms. The quantitative estimate of drug-likeness (QED) is 0.543. The van der Waals surface area contributed by atoms with Crippen molar-refractivity contribution in [1.82, 2.24) is 9.88 Å². The third-order valence-corrected chi connectivity index (χ3v) is 2.39. The maximum Gasteiger partial charge on any atom is 0.0883 e. The van der Waals surface area contributed by atoms with Crippen LogP contribution in [0.25, 0.3) is 0 Å². The Kier molecular flexibility index (Phi) is 2.16. The molecule has 0 aliphatic carbocycles. The number of hydrogen-bond acceptors (Lipinski definition) is 3. The predicted molar refractivity (Wildman–Crippen MR) is 48.2 cm³/mol. The topological polar surface area (TPSA) is 61.0 Å². The Bertz CT molecular complexity index is 326. The molecule has 1 aliphatic heterocycles. The van der Waals surface area contributed by atoms with Crippen LogP contribution in [-0.2, 0) is 0 Å². The summed E-state index contributed by atoms with van der Waals surface area (Å²) in [7, 11) is 0. The van der Waals surface area contributed by atoms with Crippen molar-refractivity contribution in [3.05, 3.63) is 29.9 Å². The normalized spacial score (nSPS) is 27.8. The first kappa shape index (κ1) is 8.47. The van der Waals surface area contributed by atoms with E-state index in [1.54, 1.807) is 12.1 Å². The van der Waals surface area contributed by atoms with E-state index in [-0.39, 0.29) is 12.1 Å². The molecular weight excluding hydrogens is 166 g/mol. The van der Waals surface area contributed by atoms with Gasteiger partial charge in [-0.05, 0) is 12.1 Å². The molecule has 13 heavy (non-hydrogen) atoms. The number of nitrogens with one attached hydrogen (secondary N) is 2. The van der Waals surface area contributed by atoms with Crippen molar-refractivity contribution in [1.29, 1.82) is 5.41 Å². The highest BCUT2D eigenvalue weighted by Gasteiger charge is 2.25. The number of β-amino-alcohol motifs (C(OH)–C–C–N with tert-alkyl or cyclic N) is 1. The Labute approximate surface area is 76.3 Å². The number of hydrogen-bond donors (Lipinski definition) is 3. The van der Waals surface area contributed by atoms with Crippen molar-refractivity contribution < 1.29 is 5.11 Å². The van der Waals surface area contributed by atoms with E-state index in [1.165, 1.54) is 0 Å². The Hall–Kier alpha value is -1.13. The molecule has 1 aromatic rings. The van der Waals surface area contributed by atoms with Crippen LogP contribution in [0, 0.1) is 5.41 Å². The zero-order valence-electron chi connectivity index (χ0n) is 7.27. The lowest BCUT2D eigenvalue weighted by atomic mass is 10.2. The maximum atomic E-state index is 9.58. The minimum Gasteiger partial charge on any atom is -0.390 e. The monoisotopic (exact) mass is 179 g/mol. The fraction of sp³-hybridized carbons (Fsp3) is 0.444. The molecule has 1 fully saturated rings. The van der Waals surface area contributed by atoms with Gasteiger partial charge in [-0.15, -0.1) is 0 Å². The largest absolute Gasteiger partial charge is 0.390 e. The van der Waals surface area contributed by atoms with Crippen molar-refractivity contribution in [2.45, 2.75) is 12.1 Å². The lowest BCUT2D eigenvalue weighted by molar-refractivity contribution is 0.150. The summed E-state index contributed by atoms with van der Waals surface area (Å²) in [6.07, 6.45) is 3.36. The standard InChI is InChI=1S/C9H13N3O/c10-7-1-3-12(4-2-7)8-5-11-6-9(8)13/h1-4,8-11,13H,5-6H2/t8-,9-/m1/s1. The molecule has 0 unspecified atom stereocenters. The van der Waals surface area contributed by atoms with Crippen molar-refractivity contribution >= 4 is 0 Å². The molecule has 0 saturated carbocycles. The van der Waals surface area contributed by atoms with Crippen molar-refractivity contribution in [2.75, 3.05) is 13.1 Å². The van der Waals surface area contributed by atoms with E-state index in [1.807, 2.05) is 17.0 Å². The third-order valence-electron chi connectivity index (χ3n) is 2.39. The SMILES string of the molecule is N=c1ccn([C@@H]2CNC[C@H]2O)cc1. The van der Waals surface area contributed by atoms with Gasteiger partial charge in [-0.3, -0.25) is 0 Å². The second-order valence-electron chi connectivity index (χ2n) is 3.33. The molecule has 1 aromatic heterocycles. The number of pyridine rings is 1. The molecule has 0 bridgehead atoms. The van der Waals surface area contributed by atoms with Gasteiger partial charge < -0.3 is 20.4 Å². The Morgan fingerprint density at radius 1 is 1.38 bits per heavy atom. The number of rotatable bonds is 1. The molecule has 0 aromatic carbocycles. The number of aliphatic hydroxyl groups excluding tert-OH is 1. The van der Waals surface area contributed by atoms with Crippen molar-refractivity contribution in [3.63, 3.8) is 0 Å². The highest BCUT2D eigenvalue weighted by Crippen LogP contribution is 2.13. The van der Waals surface area contributed by atoms with E-state index in [9.17, 15) is 5.11 Å². The first-order chi connectivity index (χ1) is 6.27. The summed E-state index contributed by atoms with van der Waals surface area (Å²) in [4.78, 5) is 0. The van der Waals surface area contributed by atoms with Crippen LogP contribution in [0.15, 0.2) is 24.5 Å². The second kappa shape index (κ2) is 3.32. The van der Waals surface area contributed by atoms with E-state index < -0.39 is 0 Å². The first-order valence-electron chi connectivity index (χ1n) is 4.38. The summed E-state index contributed by atoms with van der Waals surface area (Å²) < 4.78 is 1.95. The zero-order valence-corrected chi connectivity index (χ0v) is 7.27. The summed E-state index contributed by atoms with van der Waals surface area (Å²) in [5.41, 5.74) is 0. The van der Waals surface area contributed by atoms with Gasteiger partial charge in [-0.1, -0.05) is 0 Å². The molecule has 2 rings (SSSR count). The minimum atomic E-state index is -0.318. The smallest absolute Gasteiger partial charge is 0.0883 e. The molecule has 3 N–H and O–H groups in total. The number of aromatic nitrogens is 1. The minimum absolute atomic E-state index is 0.112. The molecule has 1 aliphatic rings. The fourth-order valence-corrected chi connectivity index (χ4v) is 1.61. The fourth-order valence-electron chi connectivity index (χ4n) is 1.61. The molecule has 2 atom stereocenters. The first-order valence-corrected chi connectivity index (χ1v) is 4.38. The summed E-state index contributed by atoms with van der Waals surface area (Å²) in [6, 6.07) is 3.57. The molecule has 0 radical (unpaired) electrons. The van der Waals surface area contributed by atoms with Crippen LogP contribution in [0.2, 0.25) is 0 Å². The maximum absolute atomic E-state index is 9.58. The zero-order chi connectivity index (χ0) is 9.26. The van der Waals surface area contributed by atoms with Crippen molar-refractivity contribution in [2.24, 2.45) is 0 Å². The molecule has 70 valence electrons. The van der Waals surface area contributed by atoms with Gasteiger partial charge >= 0.3 is 0 Å². The Morgan fingerprint density at radius 2 is 2.08 bits per heavy atom. The Morgan fingerprint density at radius 3 is 2.62 bits per heavy atom. The van der Waals surface area contributed by atoms with Crippen molar-refractivity contribution in [3.8, 4) is 0 Å². The molecule has 0 amide bonds. The summed E-state index contributed by atoms with van der Waals surface area (Å²) in [5, 5.41) is 20.5. The van der Waals surface area contributed by atoms with Gasteiger partial charge in [-0.25, -0.2) is 0 Å². The van der Waals surface area contributed by atoms with Gasteiger partial charge in [-0.2, -0.15) is 0 Å². The number of aliphatic hydroxyl groups is 1. The average Bonchev–Trinajstić information content (AvgIpc) is 2.53. The Balaban J connectivity index is 2.25. The summed E-state index contributed by atoms with van der Waals surface area (Å²) in [6.45, 7) is 1.45. The van der Waals surface area contributed by atoms with Crippen LogP contribution in [-0.4, -0.2) is 28.9 Å². The van der Waals surface area contributed by atoms with Crippen LogP contribution >= 0.6 is 0 Å². The lowest BCUT2D eigenvalue weighted by Gasteiger charge is -2.16. The van der Waals surface area contributed by atoms with Crippen LogP contribution < -0.4 is 10.7 Å². The predicted octanol–water partition coefficient (Wildman–Crippen LogP) is -0.527. The summed E-state index contributed by atoms with van der Waals surface area (Å²) in [5.74, 6) is 0. The highest BCUT2D eigenvalue weighted by atomic mass is 16.3. The van der Waals surface area contributed by atoms with Gasteiger partial charge in [0.2, 0.25) is 0 Å². The van der Waals surface area contributed by atoms with E-state index >= 15 is 0 Å². The van der Waals surface area contributed by atoms with Crippen LogP contribution in [0.4, 0.5) is 0 Å². The van der Waals surface area contributed by atoms with Crippen LogP contribution in [0.3, 0.4) is 0 Å². The van der Waals surface area contributed by atoms with Crippen LogP contribution in [0.5, 0.6) is 0 Å². The van der Waals surface area contributed by atoms with Crippen LogP contribution in [0.1, 0.15) is 6.04 Å². The van der Waals surface area contributed by atoms with Gasteiger partial charge in [0, 0.05) is 25.5 Å². The molecule has 0 spiro atoms. The molecular formula is C9H13N3O. The second-order valence-corrected chi connectivity index (χ2v) is 3.33. The van der Waals surface area contributed by atoms with Gasteiger partial charge in [0.1, 0.15) is 0 Å². The van der Waals surface area contributed by atoms with Gasteiger partial charge in [0.05, 0.1) is 17.5 Å². The van der Waals surface area contributed by atoms with Gasteiger partial charge in [0.25, 0.3) is 0 Å². The lowest BCUT2D eigenvalue weighted by Crippen LogP contribution is -2.22. The summed E-state index contributed by atoms with van der Waals surface area (Å²) >= 11 is 0. The van der Waals surface area contributed by atoms with E-state index in [4.69, 9.17) is 5.41 Å². The highest BCUT2D eigenvalue weighted by molar-refractivity contribution is 4.97. The van der Waals surface area contributed by atoms with E-state index in [0.717, 1.165) is 6.54 Å². The molecule has 1 saturated heterocycles. The number of nitrogens with zero attached hydrogens (tertiary/aromatic N) is 1. The van der Waals surface area contributed by atoms with Gasteiger partial charge in [0.15, 0.2) is 0 Å². The third kappa shape index (κ3) is 1.64. The molecule has 2 heterocycles. The van der Waals surface area contributed by atoms with E-state index in [2.05, 4.69) is 5.32 Å².